The lowest BCUT2D eigenvalue weighted by Gasteiger charge is -2.25. The van der Waals surface area contributed by atoms with Gasteiger partial charge in [0.05, 0.1) is 23.6 Å². The fourth-order valence-corrected chi connectivity index (χ4v) is 4.36. The fraction of sp³-hybridized carbons (Fsp3) is 0.286. The Bertz CT molecular complexity index is 729. The van der Waals surface area contributed by atoms with Crippen molar-refractivity contribution in [2.45, 2.75) is 12.5 Å². The Labute approximate surface area is 128 Å². The molecule has 1 aliphatic heterocycles. The third kappa shape index (κ3) is 2.80. The molecule has 1 aliphatic rings. The molecule has 118 valence electrons. The maximum Gasteiger partial charge on any atom is 0.252 e. The van der Waals surface area contributed by atoms with E-state index in [0.717, 1.165) is 5.56 Å². The zero-order chi connectivity index (χ0) is 15.9. The number of nitrogens with two attached hydrogens (primary N) is 1. The van der Waals surface area contributed by atoms with E-state index in [1.54, 1.807) is 23.1 Å². The minimum Gasteiger partial charge on any atom is -0.507 e. The monoisotopic (exact) mass is 323 g/mol. The topological polar surface area (TPSA) is 122 Å². The van der Waals surface area contributed by atoms with Gasteiger partial charge in [0.2, 0.25) is 0 Å². The van der Waals surface area contributed by atoms with Gasteiger partial charge in [-0.25, -0.2) is 0 Å². The molecule has 2 heterocycles. The average molecular weight is 323 g/mol. The molecule has 7 nitrogen and oxygen atoms in total. The first-order valence-corrected chi connectivity index (χ1v) is 8.65. The van der Waals surface area contributed by atoms with E-state index >= 15 is 0 Å². The quantitative estimate of drug-likeness (QED) is 0.688. The van der Waals surface area contributed by atoms with Crippen LogP contribution >= 0.6 is 10.6 Å². The van der Waals surface area contributed by atoms with Gasteiger partial charge >= 0.3 is 0 Å². The van der Waals surface area contributed by atoms with E-state index in [0.29, 0.717) is 23.5 Å². The molecular formula is C14H17N3O4S. The molecule has 1 fully saturated rings. The van der Waals surface area contributed by atoms with Crippen LogP contribution in [0.3, 0.4) is 0 Å². The molecule has 1 unspecified atom stereocenters. The summed E-state index contributed by atoms with van der Waals surface area (Å²) in [5.74, 6) is -0.140. The summed E-state index contributed by atoms with van der Waals surface area (Å²) in [6.07, 6.45) is 4.11. The predicted octanol–water partition coefficient (Wildman–Crippen LogP) is 2.05. The van der Waals surface area contributed by atoms with Crippen LogP contribution in [0.4, 0.5) is 0 Å². The minimum absolute atomic E-state index is 0.0357. The van der Waals surface area contributed by atoms with Crippen LogP contribution in [0.2, 0.25) is 0 Å². The summed E-state index contributed by atoms with van der Waals surface area (Å²) in [5.41, 5.74) is 6.76. The molecular weight excluding hydrogens is 306 g/mol. The number of aromatic hydroxyl groups is 1. The molecule has 1 aromatic heterocycles. The summed E-state index contributed by atoms with van der Waals surface area (Å²) in [7, 11) is -2.48. The van der Waals surface area contributed by atoms with E-state index in [1.165, 1.54) is 12.1 Å². The van der Waals surface area contributed by atoms with Gasteiger partial charge in [0, 0.05) is 17.5 Å². The summed E-state index contributed by atoms with van der Waals surface area (Å²) in [6, 6.07) is 4.57. The number of rotatable bonds is 3. The third-order valence-corrected chi connectivity index (χ3v) is 5.62. The van der Waals surface area contributed by atoms with E-state index in [2.05, 4.69) is 5.10 Å². The number of benzene rings is 1. The molecule has 1 saturated heterocycles. The molecule has 5 N–H and O–H groups in total. The lowest BCUT2D eigenvalue weighted by Crippen LogP contribution is -2.11. The van der Waals surface area contributed by atoms with Crippen molar-refractivity contribution in [3.05, 3.63) is 36.2 Å². The van der Waals surface area contributed by atoms with Gasteiger partial charge < -0.3 is 10.8 Å². The van der Waals surface area contributed by atoms with Crippen molar-refractivity contribution in [3.63, 3.8) is 0 Å². The van der Waals surface area contributed by atoms with Crippen molar-refractivity contribution < 1.29 is 19.0 Å². The van der Waals surface area contributed by atoms with Crippen LogP contribution in [0.5, 0.6) is 5.75 Å². The molecule has 0 bridgehead atoms. The second-order valence-electron chi connectivity index (χ2n) is 5.42. The Morgan fingerprint density at radius 1 is 1.36 bits per heavy atom. The Morgan fingerprint density at radius 3 is 2.77 bits per heavy atom. The average Bonchev–Trinajstić information content (AvgIpc) is 3.05. The Morgan fingerprint density at radius 2 is 2.14 bits per heavy atom. The second-order valence-corrected chi connectivity index (χ2v) is 7.77. The van der Waals surface area contributed by atoms with Crippen molar-refractivity contribution in [2.24, 2.45) is 5.73 Å². The summed E-state index contributed by atoms with van der Waals surface area (Å²) in [4.78, 5) is 11.3. The number of carbonyl (C=O) groups excluding carboxylic acids is 1. The molecule has 0 radical (unpaired) electrons. The van der Waals surface area contributed by atoms with E-state index < -0.39 is 16.5 Å². The Hall–Kier alpha value is -2.03. The normalized spacial score (nSPS) is 21.6. The van der Waals surface area contributed by atoms with Gasteiger partial charge in [0.1, 0.15) is 5.75 Å². The standard InChI is InChI=1S/C14H17N3O4S/c15-14(19)12-5-9(1-2-13(12)18)10-6-16-17(7-10)11-3-4-22(20,21)8-11/h1-2,5-7,11,18,20-21H,3-4,8H2,(H2,15,19). The van der Waals surface area contributed by atoms with Crippen LogP contribution < -0.4 is 5.73 Å². The highest BCUT2D eigenvalue weighted by Crippen LogP contribution is 2.49. The summed E-state index contributed by atoms with van der Waals surface area (Å²) in [6.45, 7) is 0. The van der Waals surface area contributed by atoms with Gasteiger partial charge in [-0.15, -0.1) is 0 Å². The van der Waals surface area contributed by atoms with Gasteiger partial charge in [-0.05, 0) is 24.1 Å². The molecule has 1 aromatic carbocycles. The summed E-state index contributed by atoms with van der Waals surface area (Å²) >= 11 is 0. The van der Waals surface area contributed by atoms with Crippen LogP contribution in [0.15, 0.2) is 30.6 Å². The fourth-order valence-electron chi connectivity index (χ4n) is 2.61. The van der Waals surface area contributed by atoms with Gasteiger partial charge in [-0.3, -0.25) is 18.6 Å². The number of amides is 1. The number of carbonyl (C=O) groups is 1. The zero-order valence-corrected chi connectivity index (χ0v) is 12.5. The van der Waals surface area contributed by atoms with E-state index in [1.807, 2.05) is 0 Å². The number of aromatic nitrogens is 2. The third-order valence-electron chi connectivity index (χ3n) is 3.81. The first-order valence-electron chi connectivity index (χ1n) is 6.77. The van der Waals surface area contributed by atoms with Crippen LogP contribution in [0.1, 0.15) is 22.8 Å². The van der Waals surface area contributed by atoms with Crippen LogP contribution in [0.25, 0.3) is 11.1 Å². The van der Waals surface area contributed by atoms with Crippen molar-refractivity contribution in [2.75, 3.05) is 11.5 Å². The summed E-state index contributed by atoms with van der Waals surface area (Å²) < 4.78 is 21.1. The Balaban J connectivity index is 1.88. The molecule has 8 heteroatoms. The van der Waals surface area contributed by atoms with Crippen LogP contribution in [0, 0.1) is 0 Å². The highest BCUT2D eigenvalue weighted by Gasteiger charge is 2.30. The number of nitrogens with zero attached hydrogens (tertiary/aromatic N) is 2. The van der Waals surface area contributed by atoms with Gasteiger partial charge in [-0.2, -0.15) is 15.7 Å². The molecule has 1 amide bonds. The SMILES string of the molecule is NC(=O)c1cc(-c2cnn(C3CCS(O)(O)C3)c2)ccc1O. The largest absolute Gasteiger partial charge is 0.507 e. The summed E-state index contributed by atoms with van der Waals surface area (Å²) in [5, 5.41) is 13.9. The number of hydrogen-bond acceptors (Lipinski definition) is 5. The van der Waals surface area contributed by atoms with Gasteiger partial charge in [0.25, 0.3) is 5.91 Å². The molecule has 2 aromatic rings. The molecule has 0 aliphatic carbocycles. The molecule has 3 rings (SSSR count). The highest BCUT2D eigenvalue weighted by molar-refractivity contribution is 8.24. The van der Waals surface area contributed by atoms with Gasteiger partial charge in [-0.1, -0.05) is 6.07 Å². The van der Waals surface area contributed by atoms with Crippen LogP contribution in [-0.2, 0) is 0 Å². The maximum atomic E-state index is 11.3. The smallest absolute Gasteiger partial charge is 0.252 e. The van der Waals surface area contributed by atoms with E-state index in [9.17, 15) is 19.0 Å². The Kier molecular flexibility index (Phi) is 3.59. The lowest BCUT2D eigenvalue weighted by atomic mass is 10.1. The zero-order valence-electron chi connectivity index (χ0n) is 11.7. The molecule has 1 atom stereocenters. The first kappa shape index (κ1) is 14.9. The maximum absolute atomic E-state index is 11.3. The van der Waals surface area contributed by atoms with Crippen molar-refractivity contribution >= 4 is 16.5 Å². The number of hydrogen-bond donors (Lipinski definition) is 4. The molecule has 0 saturated carbocycles. The molecule has 0 spiro atoms. The molecule has 22 heavy (non-hydrogen) atoms. The van der Waals surface area contributed by atoms with E-state index in [4.69, 9.17) is 5.73 Å². The highest BCUT2D eigenvalue weighted by atomic mass is 32.3. The number of primary amides is 1. The lowest BCUT2D eigenvalue weighted by molar-refractivity contribution is 0.0998. The van der Waals surface area contributed by atoms with Crippen molar-refractivity contribution in [3.8, 4) is 16.9 Å². The van der Waals surface area contributed by atoms with Crippen molar-refractivity contribution in [1.29, 1.82) is 0 Å². The second kappa shape index (κ2) is 5.31. The van der Waals surface area contributed by atoms with Crippen LogP contribution in [-0.4, -0.2) is 41.4 Å². The predicted molar refractivity (Wildman–Crippen MR) is 84.1 cm³/mol. The van der Waals surface area contributed by atoms with E-state index in [-0.39, 0.29) is 17.4 Å². The first-order chi connectivity index (χ1) is 10.4. The van der Waals surface area contributed by atoms with Gasteiger partial charge in [0.15, 0.2) is 0 Å². The van der Waals surface area contributed by atoms with Crippen molar-refractivity contribution in [1.82, 2.24) is 9.78 Å². The minimum atomic E-state index is -2.48. The number of phenols is 1.